The number of halogens is 1. The van der Waals surface area contributed by atoms with Gasteiger partial charge in [-0.2, -0.15) is 0 Å². The Kier molecular flexibility index (Phi) is 4.22. The predicted molar refractivity (Wildman–Crippen MR) is 97.8 cm³/mol. The van der Waals surface area contributed by atoms with Crippen molar-refractivity contribution in [1.29, 1.82) is 0 Å². The molecule has 0 atom stereocenters. The highest BCUT2D eigenvalue weighted by atomic mass is 35.5. The Hall–Kier alpha value is -2.17. The highest BCUT2D eigenvalue weighted by Crippen LogP contribution is 2.25. The lowest BCUT2D eigenvalue weighted by atomic mass is 10.1. The van der Waals surface area contributed by atoms with Crippen LogP contribution in [-0.2, 0) is 0 Å². The molecule has 0 fully saturated rings. The third-order valence-corrected chi connectivity index (χ3v) is 4.06. The van der Waals surface area contributed by atoms with Gasteiger partial charge in [0, 0.05) is 39.6 Å². The molecule has 0 aliphatic carbocycles. The summed E-state index contributed by atoms with van der Waals surface area (Å²) in [7, 11) is 0. The first-order valence-corrected chi connectivity index (χ1v) is 7.59. The molecular weight excluding hydrogens is 314 g/mol. The summed E-state index contributed by atoms with van der Waals surface area (Å²) in [4.78, 5) is 4.13. The lowest BCUT2D eigenvalue weighted by molar-refractivity contribution is 1.36. The first-order valence-electron chi connectivity index (χ1n) is 6.81. The Morgan fingerprint density at radius 2 is 1.77 bits per heavy atom. The van der Waals surface area contributed by atoms with Crippen molar-refractivity contribution < 1.29 is 0 Å². The zero-order valence-electron chi connectivity index (χ0n) is 11.9. The molecule has 0 aliphatic rings. The first-order chi connectivity index (χ1) is 10.6. The average Bonchev–Trinajstić information content (AvgIpc) is 2.52. The minimum absolute atomic E-state index is 0.523. The number of rotatable bonds is 2. The molecule has 0 saturated heterocycles. The highest BCUT2D eigenvalue weighted by Gasteiger charge is 2.06. The summed E-state index contributed by atoms with van der Waals surface area (Å²) in [6.07, 6.45) is 3.60. The van der Waals surface area contributed by atoms with Crippen LogP contribution in [0.1, 0.15) is 5.56 Å². The molecule has 1 heterocycles. The topological polar surface area (TPSA) is 37.0 Å². The zero-order chi connectivity index (χ0) is 15.5. The van der Waals surface area contributed by atoms with E-state index in [1.165, 1.54) is 0 Å². The van der Waals surface area contributed by atoms with Crippen molar-refractivity contribution in [2.75, 3.05) is 10.6 Å². The Bertz CT molecular complexity index is 843. The molecule has 110 valence electrons. The number of pyridine rings is 1. The molecule has 5 heteroatoms. The van der Waals surface area contributed by atoms with E-state index in [0.29, 0.717) is 10.1 Å². The van der Waals surface area contributed by atoms with E-state index in [-0.39, 0.29) is 0 Å². The summed E-state index contributed by atoms with van der Waals surface area (Å²) in [6.45, 7) is 1.96. The SMILES string of the molecule is Cc1c(Cl)cccc1NC(=S)Nc1cccc2cnccc12. The summed E-state index contributed by atoms with van der Waals surface area (Å²) in [5.74, 6) is 0. The number of aromatic nitrogens is 1. The van der Waals surface area contributed by atoms with Gasteiger partial charge in [-0.3, -0.25) is 4.98 Å². The van der Waals surface area contributed by atoms with Crippen molar-refractivity contribution in [3.63, 3.8) is 0 Å². The third kappa shape index (κ3) is 3.03. The Labute approximate surface area is 139 Å². The fourth-order valence-electron chi connectivity index (χ4n) is 2.25. The van der Waals surface area contributed by atoms with Gasteiger partial charge in [-0.15, -0.1) is 0 Å². The molecule has 0 radical (unpaired) electrons. The normalized spacial score (nSPS) is 10.5. The van der Waals surface area contributed by atoms with Crippen LogP contribution in [0.15, 0.2) is 54.9 Å². The van der Waals surface area contributed by atoms with E-state index < -0.39 is 0 Å². The van der Waals surface area contributed by atoms with Crippen LogP contribution < -0.4 is 10.6 Å². The molecule has 0 unspecified atom stereocenters. The van der Waals surface area contributed by atoms with Crippen molar-refractivity contribution in [1.82, 2.24) is 4.98 Å². The summed E-state index contributed by atoms with van der Waals surface area (Å²) in [6, 6.07) is 13.6. The second-order valence-electron chi connectivity index (χ2n) is 4.89. The quantitative estimate of drug-likeness (QED) is 0.649. The van der Waals surface area contributed by atoms with Gasteiger partial charge in [-0.05, 0) is 49.0 Å². The Morgan fingerprint density at radius 1 is 1.05 bits per heavy atom. The van der Waals surface area contributed by atoms with Crippen molar-refractivity contribution in [3.8, 4) is 0 Å². The van der Waals surface area contributed by atoms with Crippen LogP contribution in [0.2, 0.25) is 5.02 Å². The second-order valence-corrected chi connectivity index (χ2v) is 5.71. The maximum Gasteiger partial charge on any atom is 0.175 e. The number of thiocarbonyl (C=S) groups is 1. The maximum absolute atomic E-state index is 6.12. The first kappa shape index (κ1) is 14.8. The molecule has 3 rings (SSSR count). The van der Waals surface area contributed by atoms with Gasteiger partial charge in [0.2, 0.25) is 0 Å². The number of hydrogen-bond donors (Lipinski definition) is 2. The molecule has 0 saturated carbocycles. The van der Waals surface area contributed by atoms with Crippen LogP contribution in [0.25, 0.3) is 10.8 Å². The van der Waals surface area contributed by atoms with Crippen LogP contribution in [0.5, 0.6) is 0 Å². The fraction of sp³-hybridized carbons (Fsp3) is 0.0588. The van der Waals surface area contributed by atoms with Crippen LogP contribution in [0.4, 0.5) is 11.4 Å². The summed E-state index contributed by atoms with van der Waals surface area (Å²) in [5, 5.41) is 9.79. The van der Waals surface area contributed by atoms with Crippen molar-refractivity contribution >= 4 is 51.1 Å². The van der Waals surface area contributed by atoms with Crippen molar-refractivity contribution in [2.45, 2.75) is 6.92 Å². The number of benzene rings is 2. The standard InChI is InChI=1S/C17H14ClN3S/c1-11-14(18)5-3-6-15(11)20-17(22)21-16-7-2-4-12-10-19-9-8-13(12)16/h2-10H,1H3,(H2,20,21,22). The van der Waals surface area contributed by atoms with Crippen LogP contribution in [-0.4, -0.2) is 10.1 Å². The number of nitrogens with zero attached hydrogens (tertiary/aromatic N) is 1. The number of anilines is 2. The molecule has 0 aliphatic heterocycles. The van der Waals surface area contributed by atoms with Crippen LogP contribution >= 0.6 is 23.8 Å². The molecule has 22 heavy (non-hydrogen) atoms. The van der Waals surface area contributed by atoms with Crippen LogP contribution in [0, 0.1) is 6.92 Å². The summed E-state index contributed by atoms with van der Waals surface area (Å²) < 4.78 is 0. The molecule has 2 aromatic carbocycles. The number of nitrogens with one attached hydrogen (secondary N) is 2. The highest BCUT2D eigenvalue weighted by molar-refractivity contribution is 7.80. The summed E-state index contributed by atoms with van der Waals surface area (Å²) in [5.41, 5.74) is 2.81. The minimum Gasteiger partial charge on any atom is -0.332 e. The van der Waals surface area contributed by atoms with Crippen molar-refractivity contribution in [3.05, 3.63) is 65.4 Å². The van der Waals surface area contributed by atoms with Gasteiger partial charge < -0.3 is 10.6 Å². The maximum atomic E-state index is 6.12. The zero-order valence-corrected chi connectivity index (χ0v) is 13.5. The van der Waals surface area contributed by atoms with E-state index in [2.05, 4.69) is 15.6 Å². The molecule has 0 bridgehead atoms. The van der Waals surface area contributed by atoms with Gasteiger partial charge >= 0.3 is 0 Å². The number of hydrogen-bond acceptors (Lipinski definition) is 2. The number of fused-ring (bicyclic) bond motifs is 1. The van der Waals surface area contributed by atoms with E-state index in [1.807, 2.05) is 55.6 Å². The second kappa shape index (κ2) is 6.30. The van der Waals surface area contributed by atoms with E-state index in [0.717, 1.165) is 27.7 Å². The molecule has 1 aromatic heterocycles. The molecule has 0 spiro atoms. The third-order valence-electron chi connectivity index (χ3n) is 3.44. The van der Waals surface area contributed by atoms with E-state index in [1.54, 1.807) is 6.20 Å². The summed E-state index contributed by atoms with van der Waals surface area (Å²) >= 11 is 11.5. The van der Waals surface area contributed by atoms with Crippen LogP contribution in [0.3, 0.4) is 0 Å². The monoisotopic (exact) mass is 327 g/mol. The molecule has 2 N–H and O–H groups in total. The molecule has 0 amide bonds. The van der Waals surface area contributed by atoms with Gasteiger partial charge in [0.05, 0.1) is 0 Å². The Morgan fingerprint density at radius 3 is 2.64 bits per heavy atom. The Balaban J connectivity index is 1.83. The van der Waals surface area contributed by atoms with Gasteiger partial charge in [-0.1, -0.05) is 29.8 Å². The largest absolute Gasteiger partial charge is 0.332 e. The molecule has 3 nitrogen and oxygen atoms in total. The van der Waals surface area contributed by atoms with E-state index in [9.17, 15) is 0 Å². The van der Waals surface area contributed by atoms with Gasteiger partial charge in [0.25, 0.3) is 0 Å². The predicted octanol–water partition coefficient (Wildman–Crippen LogP) is 5.01. The molecular formula is C17H14ClN3S. The van der Waals surface area contributed by atoms with Gasteiger partial charge in [0.15, 0.2) is 5.11 Å². The average molecular weight is 328 g/mol. The minimum atomic E-state index is 0.523. The van der Waals surface area contributed by atoms with Gasteiger partial charge in [-0.25, -0.2) is 0 Å². The van der Waals surface area contributed by atoms with E-state index in [4.69, 9.17) is 23.8 Å². The van der Waals surface area contributed by atoms with E-state index >= 15 is 0 Å². The lowest BCUT2D eigenvalue weighted by Gasteiger charge is -2.14. The van der Waals surface area contributed by atoms with Gasteiger partial charge in [0.1, 0.15) is 0 Å². The smallest absolute Gasteiger partial charge is 0.175 e. The molecule has 3 aromatic rings. The fourth-order valence-corrected chi connectivity index (χ4v) is 2.64. The lowest BCUT2D eigenvalue weighted by Crippen LogP contribution is -2.19. The van der Waals surface area contributed by atoms with Crippen molar-refractivity contribution in [2.24, 2.45) is 0 Å².